The van der Waals surface area contributed by atoms with E-state index in [-0.39, 0.29) is 24.4 Å². The first kappa shape index (κ1) is 22.8. The van der Waals surface area contributed by atoms with Crippen LogP contribution in [0.4, 0.5) is 4.39 Å². The van der Waals surface area contributed by atoms with E-state index in [1.807, 2.05) is 41.9 Å². The number of hydrogen-bond acceptors (Lipinski definition) is 5. The number of aliphatic hydroxyl groups excluding tert-OH is 1. The quantitative estimate of drug-likeness (QED) is 0.561. The summed E-state index contributed by atoms with van der Waals surface area (Å²) in [6.45, 7) is 1.51. The van der Waals surface area contributed by atoms with Crippen LogP contribution in [0.5, 0.6) is 0 Å². The maximum absolute atomic E-state index is 13.6. The molecule has 0 saturated heterocycles. The molecular formula is C25H28FN5O2. The zero-order chi connectivity index (χ0) is 23.4. The summed E-state index contributed by atoms with van der Waals surface area (Å²) in [6.07, 6.45) is 7.36. The third-order valence-corrected chi connectivity index (χ3v) is 5.72. The number of pyridine rings is 1. The van der Waals surface area contributed by atoms with Gasteiger partial charge in [-0.15, -0.1) is 0 Å². The van der Waals surface area contributed by atoms with Crippen molar-refractivity contribution in [3.05, 3.63) is 72.5 Å². The van der Waals surface area contributed by atoms with E-state index in [4.69, 9.17) is 5.10 Å². The first-order valence-electron chi connectivity index (χ1n) is 11.0. The second kappa shape index (κ2) is 10.1. The lowest BCUT2D eigenvalue weighted by Crippen LogP contribution is -2.41. The van der Waals surface area contributed by atoms with E-state index in [9.17, 15) is 14.3 Å². The van der Waals surface area contributed by atoms with Gasteiger partial charge in [0, 0.05) is 49.3 Å². The van der Waals surface area contributed by atoms with Crippen LogP contribution in [0.25, 0.3) is 22.4 Å². The van der Waals surface area contributed by atoms with Gasteiger partial charge in [0.1, 0.15) is 11.5 Å². The second-order valence-electron chi connectivity index (χ2n) is 8.41. The summed E-state index contributed by atoms with van der Waals surface area (Å²) in [7, 11) is 3.90. The number of fused-ring (bicyclic) bond motifs is 1. The fourth-order valence-electron chi connectivity index (χ4n) is 4.13. The van der Waals surface area contributed by atoms with E-state index in [0.29, 0.717) is 26.1 Å². The van der Waals surface area contributed by atoms with E-state index in [1.165, 1.54) is 12.1 Å². The lowest BCUT2D eigenvalue weighted by molar-refractivity contribution is -0.128. The van der Waals surface area contributed by atoms with Crippen molar-refractivity contribution in [2.75, 3.05) is 33.8 Å². The molecule has 2 aromatic heterocycles. The van der Waals surface area contributed by atoms with Crippen LogP contribution in [0.1, 0.15) is 18.2 Å². The van der Waals surface area contributed by atoms with Crippen LogP contribution < -0.4 is 0 Å². The summed E-state index contributed by atoms with van der Waals surface area (Å²) in [5.74, 6) is -0.385. The Bertz CT molecular complexity index is 1130. The molecule has 0 saturated carbocycles. The van der Waals surface area contributed by atoms with Crippen molar-refractivity contribution in [3.63, 3.8) is 0 Å². The van der Waals surface area contributed by atoms with Crippen LogP contribution in [0.2, 0.25) is 0 Å². The van der Waals surface area contributed by atoms with Gasteiger partial charge >= 0.3 is 0 Å². The molecule has 0 spiro atoms. The largest absolute Gasteiger partial charge is 0.396 e. The number of amides is 1. The number of carbonyl (C=O) groups excluding carboxylic acids is 1. The summed E-state index contributed by atoms with van der Waals surface area (Å²) < 4.78 is 15.5. The minimum atomic E-state index is -0.312. The molecule has 4 rings (SSSR count). The molecule has 3 heterocycles. The molecule has 1 atom stereocenters. The van der Waals surface area contributed by atoms with E-state index in [2.05, 4.69) is 4.98 Å². The summed E-state index contributed by atoms with van der Waals surface area (Å²) in [4.78, 5) is 20.9. The lowest BCUT2D eigenvalue weighted by Gasteiger charge is -2.33. The Hall–Kier alpha value is -3.36. The van der Waals surface area contributed by atoms with Gasteiger partial charge in [-0.2, -0.15) is 5.10 Å². The molecule has 0 unspecified atom stereocenters. The molecule has 172 valence electrons. The van der Waals surface area contributed by atoms with Crippen molar-refractivity contribution in [2.24, 2.45) is 0 Å². The molecule has 1 aliphatic heterocycles. The Morgan fingerprint density at radius 1 is 1.18 bits per heavy atom. The van der Waals surface area contributed by atoms with Crippen LogP contribution >= 0.6 is 0 Å². The van der Waals surface area contributed by atoms with Gasteiger partial charge < -0.3 is 14.9 Å². The molecule has 1 aromatic carbocycles. The topological polar surface area (TPSA) is 74.5 Å². The highest BCUT2D eigenvalue weighted by Gasteiger charge is 2.32. The normalized spacial score (nSPS) is 15.9. The Labute approximate surface area is 192 Å². The SMILES string of the molecule is CN(C)C/C=C/C(=O)N1Cc2c(-c3ccncc3)c(-c3ccc(F)cc3)nn2[C@H](CCO)C1. The predicted molar refractivity (Wildman–Crippen MR) is 125 cm³/mol. The number of nitrogens with zero attached hydrogens (tertiary/aromatic N) is 5. The number of likely N-dealkylation sites (N-methyl/N-ethyl adjacent to an activating group) is 1. The summed E-state index contributed by atoms with van der Waals surface area (Å²) in [5.41, 5.74) is 4.21. The van der Waals surface area contributed by atoms with Crippen molar-refractivity contribution < 1.29 is 14.3 Å². The molecule has 0 aliphatic carbocycles. The van der Waals surface area contributed by atoms with Gasteiger partial charge in [-0.3, -0.25) is 14.5 Å². The van der Waals surface area contributed by atoms with Gasteiger partial charge in [0.05, 0.1) is 18.3 Å². The van der Waals surface area contributed by atoms with E-state index in [0.717, 1.165) is 28.1 Å². The zero-order valence-corrected chi connectivity index (χ0v) is 18.9. The first-order chi connectivity index (χ1) is 16.0. The van der Waals surface area contributed by atoms with Crippen molar-refractivity contribution in [3.8, 4) is 22.4 Å². The fourth-order valence-corrected chi connectivity index (χ4v) is 4.13. The Morgan fingerprint density at radius 3 is 2.58 bits per heavy atom. The highest BCUT2D eigenvalue weighted by Crippen LogP contribution is 2.39. The predicted octanol–water partition coefficient (Wildman–Crippen LogP) is 3.13. The van der Waals surface area contributed by atoms with Crippen LogP contribution in [0.15, 0.2) is 60.9 Å². The Balaban J connectivity index is 1.80. The maximum Gasteiger partial charge on any atom is 0.246 e. The van der Waals surface area contributed by atoms with Crippen LogP contribution in [-0.2, 0) is 11.3 Å². The Morgan fingerprint density at radius 2 is 1.91 bits per heavy atom. The minimum Gasteiger partial charge on any atom is -0.396 e. The third kappa shape index (κ3) is 5.02. The minimum absolute atomic E-state index is 0.0149. The molecule has 8 heteroatoms. The Kier molecular flexibility index (Phi) is 6.96. The number of benzene rings is 1. The number of hydrogen-bond donors (Lipinski definition) is 1. The smallest absolute Gasteiger partial charge is 0.246 e. The second-order valence-corrected chi connectivity index (χ2v) is 8.41. The molecular weight excluding hydrogens is 421 g/mol. The van der Waals surface area contributed by atoms with Gasteiger partial charge in [-0.1, -0.05) is 6.08 Å². The van der Waals surface area contributed by atoms with Gasteiger partial charge in [-0.25, -0.2) is 4.39 Å². The summed E-state index contributed by atoms with van der Waals surface area (Å²) in [5, 5.41) is 14.6. The van der Waals surface area contributed by atoms with Crippen molar-refractivity contribution in [1.29, 1.82) is 0 Å². The van der Waals surface area contributed by atoms with Crippen molar-refractivity contribution in [1.82, 2.24) is 24.6 Å². The number of aromatic nitrogens is 3. The number of halogens is 1. The molecule has 0 fully saturated rings. The van der Waals surface area contributed by atoms with Gasteiger partial charge in [-0.05, 0) is 62.5 Å². The van der Waals surface area contributed by atoms with E-state index >= 15 is 0 Å². The molecule has 33 heavy (non-hydrogen) atoms. The average Bonchev–Trinajstić information content (AvgIpc) is 3.20. The van der Waals surface area contributed by atoms with Crippen molar-refractivity contribution in [2.45, 2.75) is 19.0 Å². The van der Waals surface area contributed by atoms with Gasteiger partial charge in [0.2, 0.25) is 5.91 Å². The average molecular weight is 450 g/mol. The summed E-state index contributed by atoms with van der Waals surface area (Å²) >= 11 is 0. The molecule has 1 aliphatic rings. The standard InChI is InChI=1S/C25H28FN5O2/c1-29(2)14-3-4-23(33)30-16-21(11-15-32)31-22(17-30)24(18-9-12-27-13-10-18)25(28-31)19-5-7-20(26)8-6-19/h3-10,12-13,21,32H,11,14-17H2,1-2H3/b4-3+/t21-/m1/s1. The first-order valence-corrected chi connectivity index (χ1v) is 11.0. The molecule has 1 amide bonds. The maximum atomic E-state index is 13.6. The van der Waals surface area contributed by atoms with Crippen LogP contribution in [-0.4, -0.2) is 69.4 Å². The van der Waals surface area contributed by atoms with Gasteiger partial charge in [0.15, 0.2) is 0 Å². The third-order valence-electron chi connectivity index (χ3n) is 5.72. The number of rotatable bonds is 7. The van der Waals surface area contributed by atoms with Crippen molar-refractivity contribution >= 4 is 5.91 Å². The number of aliphatic hydroxyl groups is 1. The zero-order valence-electron chi connectivity index (χ0n) is 18.9. The highest BCUT2D eigenvalue weighted by molar-refractivity contribution is 5.88. The fraction of sp³-hybridized carbons (Fsp3) is 0.320. The lowest BCUT2D eigenvalue weighted by atomic mass is 9.98. The highest BCUT2D eigenvalue weighted by atomic mass is 19.1. The molecule has 1 N–H and O–H groups in total. The molecule has 3 aromatic rings. The summed E-state index contributed by atoms with van der Waals surface area (Å²) in [6, 6.07) is 9.90. The number of carbonyl (C=O) groups is 1. The molecule has 0 bridgehead atoms. The van der Waals surface area contributed by atoms with Gasteiger partial charge in [0.25, 0.3) is 0 Å². The van der Waals surface area contributed by atoms with Crippen LogP contribution in [0, 0.1) is 5.82 Å². The van der Waals surface area contributed by atoms with E-state index in [1.54, 1.807) is 35.5 Å². The van der Waals surface area contributed by atoms with Crippen LogP contribution in [0.3, 0.4) is 0 Å². The molecule has 0 radical (unpaired) electrons. The monoisotopic (exact) mass is 449 g/mol. The molecule has 7 nitrogen and oxygen atoms in total. The van der Waals surface area contributed by atoms with E-state index < -0.39 is 0 Å².